The van der Waals surface area contributed by atoms with Gasteiger partial charge in [-0.1, -0.05) is 38.4 Å². The minimum atomic E-state index is -1.26. The van der Waals surface area contributed by atoms with E-state index in [1.807, 2.05) is 17.0 Å². The second kappa shape index (κ2) is 12.7. The van der Waals surface area contributed by atoms with Gasteiger partial charge in [-0.3, -0.25) is 9.48 Å². The van der Waals surface area contributed by atoms with Gasteiger partial charge < -0.3 is 19.4 Å². The molecule has 0 radical (unpaired) electrons. The number of rotatable bonds is 12. The maximum Gasteiger partial charge on any atom is 0.247 e. The van der Waals surface area contributed by atoms with Crippen molar-refractivity contribution in [2.24, 2.45) is 0 Å². The Morgan fingerprint density at radius 3 is 2.70 bits per heavy atom. The highest BCUT2D eigenvalue weighted by atomic mass is 28.3. The number of benzene rings is 2. The summed E-state index contributed by atoms with van der Waals surface area (Å²) in [6.07, 6.45) is 8.13. The third-order valence-corrected chi connectivity index (χ3v) is 8.26. The average molecular weight is 603 g/mol. The van der Waals surface area contributed by atoms with Gasteiger partial charge in [0.2, 0.25) is 11.8 Å². The first-order chi connectivity index (χ1) is 20.6. The molecule has 0 bridgehead atoms. The first-order valence-electron chi connectivity index (χ1n) is 13.7. The summed E-state index contributed by atoms with van der Waals surface area (Å²) in [5.41, 5.74) is 3.82. The summed E-state index contributed by atoms with van der Waals surface area (Å²) in [6, 6.07) is 11.7. The number of halogens is 2. The molecule has 0 saturated heterocycles. The minimum Gasteiger partial charge on any atom is -0.437 e. The summed E-state index contributed by atoms with van der Waals surface area (Å²) in [5.74, 6) is -1.41. The molecule has 5 rings (SSSR count). The van der Waals surface area contributed by atoms with Crippen LogP contribution in [0.25, 0.3) is 22.3 Å². The number of ether oxygens (including phenoxy) is 2. The van der Waals surface area contributed by atoms with E-state index < -0.39 is 19.7 Å². The Morgan fingerprint density at radius 2 is 1.93 bits per heavy atom. The normalized spacial score (nSPS) is 11.6. The Morgan fingerprint density at radius 1 is 1.09 bits per heavy atom. The highest BCUT2D eigenvalue weighted by molar-refractivity contribution is 6.76. The summed E-state index contributed by atoms with van der Waals surface area (Å²) >= 11 is 0. The van der Waals surface area contributed by atoms with E-state index in [2.05, 4.69) is 41.6 Å². The predicted molar refractivity (Wildman–Crippen MR) is 164 cm³/mol. The third kappa shape index (κ3) is 7.59. The molecule has 3 aromatic heterocycles. The lowest BCUT2D eigenvalue weighted by molar-refractivity contribution is -0.111. The van der Waals surface area contributed by atoms with Crippen LogP contribution in [0.15, 0.2) is 79.9 Å². The maximum absolute atomic E-state index is 13.7. The van der Waals surface area contributed by atoms with Crippen molar-refractivity contribution >= 4 is 30.8 Å². The fraction of sp³-hybridized carbons (Fsp3) is 0.226. The molecule has 5 aromatic rings. The molecule has 3 heterocycles. The van der Waals surface area contributed by atoms with Gasteiger partial charge >= 0.3 is 0 Å². The number of anilines is 1. The molecule has 222 valence electrons. The van der Waals surface area contributed by atoms with Crippen molar-refractivity contribution in [3.8, 4) is 22.8 Å². The van der Waals surface area contributed by atoms with Crippen LogP contribution in [-0.2, 0) is 22.8 Å². The summed E-state index contributed by atoms with van der Waals surface area (Å²) in [6.45, 7) is 11.6. The van der Waals surface area contributed by atoms with Gasteiger partial charge in [0.15, 0.2) is 17.3 Å². The zero-order valence-electron chi connectivity index (χ0n) is 24.2. The van der Waals surface area contributed by atoms with Gasteiger partial charge in [-0.05, 0) is 41.9 Å². The number of carbonyl (C=O) groups excluding carboxylic acids is 1. The summed E-state index contributed by atoms with van der Waals surface area (Å²) in [7, 11) is -1.26. The molecule has 43 heavy (non-hydrogen) atoms. The van der Waals surface area contributed by atoms with Crippen molar-refractivity contribution in [3.63, 3.8) is 0 Å². The maximum atomic E-state index is 13.7. The van der Waals surface area contributed by atoms with E-state index in [1.54, 1.807) is 35.1 Å². The molecule has 1 N–H and O–H groups in total. The fourth-order valence-corrected chi connectivity index (χ4v) is 5.06. The van der Waals surface area contributed by atoms with Gasteiger partial charge in [0.25, 0.3) is 0 Å². The van der Waals surface area contributed by atoms with Crippen molar-refractivity contribution in [1.29, 1.82) is 0 Å². The van der Waals surface area contributed by atoms with Crippen molar-refractivity contribution in [3.05, 3.63) is 97.1 Å². The lowest BCUT2D eigenvalue weighted by atomic mass is 10.2. The molecule has 0 aliphatic rings. The van der Waals surface area contributed by atoms with Crippen molar-refractivity contribution in [1.82, 2.24) is 24.3 Å². The number of fused-ring (bicyclic) bond motifs is 1. The minimum absolute atomic E-state index is 0.257. The van der Waals surface area contributed by atoms with Crippen LogP contribution in [0.1, 0.15) is 5.56 Å². The van der Waals surface area contributed by atoms with Crippen LogP contribution in [0, 0.1) is 11.6 Å². The highest BCUT2D eigenvalue weighted by Crippen LogP contribution is 2.31. The van der Waals surface area contributed by atoms with Crippen molar-refractivity contribution < 1.29 is 23.0 Å². The summed E-state index contributed by atoms with van der Waals surface area (Å²) in [5, 5.41) is 7.14. The second-order valence-electron chi connectivity index (χ2n) is 11.2. The number of hydrogen-bond acceptors (Lipinski definition) is 6. The fourth-order valence-electron chi connectivity index (χ4n) is 4.30. The second-order valence-corrected chi connectivity index (χ2v) is 16.9. The highest BCUT2D eigenvalue weighted by Gasteiger charge is 2.18. The van der Waals surface area contributed by atoms with Crippen LogP contribution in [-0.4, -0.2) is 44.9 Å². The van der Waals surface area contributed by atoms with Gasteiger partial charge in [0.1, 0.15) is 18.0 Å². The number of carbonyl (C=O) groups is 1. The molecule has 12 heteroatoms. The Bertz CT molecular complexity index is 1780. The molecule has 0 aliphatic carbocycles. The lowest BCUT2D eigenvalue weighted by Gasteiger charge is -2.15. The van der Waals surface area contributed by atoms with Gasteiger partial charge in [0, 0.05) is 50.0 Å². The summed E-state index contributed by atoms with van der Waals surface area (Å²) < 4.78 is 42.7. The van der Waals surface area contributed by atoms with Gasteiger partial charge in [-0.15, -0.1) is 0 Å². The number of nitrogens with one attached hydrogen (secondary N) is 1. The molecular formula is C31H32F2N6O3Si. The quantitative estimate of drug-likeness (QED) is 0.0953. The molecule has 0 fully saturated rings. The molecule has 0 saturated carbocycles. The molecule has 0 spiro atoms. The lowest BCUT2D eigenvalue weighted by Crippen LogP contribution is -2.22. The molecule has 0 atom stereocenters. The van der Waals surface area contributed by atoms with Crippen LogP contribution in [0.3, 0.4) is 0 Å². The first kappa shape index (κ1) is 29.8. The van der Waals surface area contributed by atoms with E-state index in [4.69, 9.17) is 14.5 Å². The van der Waals surface area contributed by atoms with Crippen LogP contribution in [0.2, 0.25) is 25.7 Å². The third-order valence-electron chi connectivity index (χ3n) is 6.55. The molecule has 1 amide bonds. The van der Waals surface area contributed by atoms with Gasteiger partial charge in [-0.25, -0.2) is 18.7 Å². The number of nitrogens with zero attached hydrogens (tertiary/aromatic N) is 5. The SMILES string of the molecule is C=CC(=O)Nc1cccc(Oc2cnc3c(n2)c(-c2cnn(Cc4ccc(F)c(F)c4)c2)cn3COCC[Si](C)(C)C)c1. The number of hydrogen-bond donors (Lipinski definition) is 1. The van der Waals surface area contributed by atoms with Gasteiger partial charge in [-0.2, -0.15) is 5.10 Å². The van der Waals surface area contributed by atoms with Crippen LogP contribution in [0.5, 0.6) is 11.6 Å². The average Bonchev–Trinajstić information content (AvgIpc) is 3.57. The van der Waals surface area contributed by atoms with E-state index in [0.29, 0.717) is 41.5 Å². The Balaban J connectivity index is 1.44. The van der Waals surface area contributed by atoms with E-state index >= 15 is 0 Å². The smallest absolute Gasteiger partial charge is 0.247 e. The molecule has 0 unspecified atom stereocenters. The zero-order chi connectivity index (χ0) is 30.6. The molecule has 2 aromatic carbocycles. The summed E-state index contributed by atoms with van der Waals surface area (Å²) in [4.78, 5) is 21.1. The van der Waals surface area contributed by atoms with Crippen molar-refractivity contribution in [2.45, 2.75) is 39.0 Å². The monoisotopic (exact) mass is 602 g/mol. The van der Waals surface area contributed by atoms with Crippen molar-refractivity contribution in [2.75, 3.05) is 11.9 Å². The largest absolute Gasteiger partial charge is 0.437 e. The zero-order valence-corrected chi connectivity index (χ0v) is 25.2. The molecular weight excluding hydrogens is 570 g/mol. The van der Waals surface area contributed by atoms with E-state index in [9.17, 15) is 13.6 Å². The number of aromatic nitrogens is 5. The Kier molecular flexibility index (Phi) is 8.78. The standard InChI is InChI=1S/C31H32F2N6O3Si/c1-5-28(40)36-23-7-6-8-24(14-23)42-29-16-34-31-30(37-29)25(19-38(31)20-41-11-12-43(2,3)4)22-15-35-39(18-22)17-21-9-10-26(32)27(33)13-21/h5-10,13-16,18-19H,1,11-12,17,20H2,2-4H3,(H,36,40). The van der Waals surface area contributed by atoms with E-state index in [-0.39, 0.29) is 18.3 Å². The Labute approximate surface area is 248 Å². The topological polar surface area (TPSA) is 96.1 Å². The van der Waals surface area contributed by atoms with E-state index in [0.717, 1.165) is 29.3 Å². The number of amides is 1. The first-order valence-corrected chi connectivity index (χ1v) is 17.4. The van der Waals surface area contributed by atoms with Gasteiger partial charge in [0.05, 0.1) is 18.9 Å². The molecule has 9 nitrogen and oxygen atoms in total. The van der Waals surface area contributed by atoms with Crippen LogP contribution >= 0.6 is 0 Å². The Hall–Kier alpha value is -4.68. The molecule has 0 aliphatic heterocycles. The predicted octanol–water partition coefficient (Wildman–Crippen LogP) is 6.85. The van der Waals surface area contributed by atoms with E-state index in [1.165, 1.54) is 18.3 Å². The van der Waals surface area contributed by atoms with Crippen LogP contribution in [0.4, 0.5) is 14.5 Å². The van der Waals surface area contributed by atoms with Crippen LogP contribution < -0.4 is 10.1 Å².